The van der Waals surface area contributed by atoms with Gasteiger partial charge in [0.25, 0.3) is 10.0 Å². The zero-order chi connectivity index (χ0) is 25.0. The first kappa shape index (κ1) is 25.2. The summed E-state index contributed by atoms with van der Waals surface area (Å²) in [4.78, 5) is 17.2. The van der Waals surface area contributed by atoms with Gasteiger partial charge in [0, 0.05) is 36.2 Å². The monoisotopic (exact) mass is 533 g/mol. The van der Waals surface area contributed by atoms with Gasteiger partial charge < -0.3 is 14.5 Å². The summed E-state index contributed by atoms with van der Waals surface area (Å²) in [5, 5.41) is 0.791. The summed E-state index contributed by atoms with van der Waals surface area (Å²) < 4.78 is 33.6. The number of sulfonamides is 1. The number of piperazine rings is 1. The molecule has 35 heavy (non-hydrogen) atoms. The van der Waals surface area contributed by atoms with Crippen molar-refractivity contribution in [2.24, 2.45) is 0 Å². The van der Waals surface area contributed by atoms with E-state index in [4.69, 9.17) is 27.9 Å². The minimum absolute atomic E-state index is 0.0377. The highest BCUT2D eigenvalue weighted by Gasteiger charge is 2.30. The molecule has 0 atom stereocenters. The number of halogens is 2. The number of methoxy groups -OCH3 is 1. The van der Waals surface area contributed by atoms with Crippen LogP contribution < -0.4 is 13.9 Å². The molecule has 4 rings (SSSR count). The van der Waals surface area contributed by atoms with Gasteiger partial charge in [-0.05, 0) is 54.6 Å². The number of hydrogen-bond donors (Lipinski definition) is 0. The first-order valence-electron chi connectivity index (χ1n) is 11.0. The second-order valence-corrected chi connectivity index (χ2v) is 10.7. The first-order valence-corrected chi connectivity index (χ1v) is 13.2. The number of para-hydroxylation sites is 2. The Hall–Kier alpha value is -2.94. The van der Waals surface area contributed by atoms with Crippen LogP contribution in [0.5, 0.6) is 5.75 Å². The molecule has 1 aliphatic heterocycles. The largest absolute Gasteiger partial charge is 0.495 e. The second-order valence-electron chi connectivity index (χ2n) is 7.99. The Balaban J connectivity index is 1.54. The van der Waals surface area contributed by atoms with Crippen LogP contribution >= 0.6 is 23.2 Å². The van der Waals surface area contributed by atoms with Crippen molar-refractivity contribution in [2.75, 3.05) is 49.0 Å². The Morgan fingerprint density at radius 1 is 0.914 bits per heavy atom. The van der Waals surface area contributed by atoms with Crippen LogP contribution in [-0.2, 0) is 14.8 Å². The van der Waals surface area contributed by atoms with E-state index in [0.29, 0.717) is 41.9 Å². The fraction of sp³-hybridized carbons (Fsp3) is 0.240. The lowest BCUT2D eigenvalue weighted by atomic mass is 10.2. The molecule has 184 valence electrons. The molecule has 1 saturated heterocycles. The average Bonchev–Trinajstić information content (AvgIpc) is 2.87. The minimum Gasteiger partial charge on any atom is -0.495 e. The molecule has 1 amide bonds. The first-order chi connectivity index (χ1) is 16.8. The minimum atomic E-state index is -4.04. The van der Waals surface area contributed by atoms with E-state index in [1.54, 1.807) is 30.2 Å². The Labute approximate surface area is 215 Å². The molecule has 1 aliphatic rings. The Morgan fingerprint density at radius 3 is 2.26 bits per heavy atom. The number of hydrogen-bond acceptors (Lipinski definition) is 5. The third kappa shape index (κ3) is 5.66. The maximum Gasteiger partial charge on any atom is 0.264 e. The van der Waals surface area contributed by atoms with E-state index in [1.807, 2.05) is 24.3 Å². The molecule has 10 heteroatoms. The van der Waals surface area contributed by atoms with Crippen molar-refractivity contribution in [1.29, 1.82) is 0 Å². The SMILES string of the molecule is COc1ccccc1N1CCN(C(=O)CN(c2cccc(Cl)c2)S(=O)(=O)c2ccc(Cl)cc2)CC1. The van der Waals surface area contributed by atoms with Gasteiger partial charge in [0.2, 0.25) is 5.91 Å². The molecule has 0 saturated carbocycles. The summed E-state index contributed by atoms with van der Waals surface area (Å²) in [6.07, 6.45) is 0. The van der Waals surface area contributed by atoms with E-state index < -0.39 is 10.0 Å². The highest BCUT2D eigenvalue weighted by atomic mass is 35.5. The summed E-state index contributed by atoms with van der Waals surface area (Å²) >= 11 is 12.1. The van der Waals surface area contributed by atoms with Crippen LogP contribution in [-0.4, -0.2) is 59.1 Å². The van der Waals surface area contributed by atoms with E-state index >= 15 is 0 Å². The Morgan fingerprint density at radius 2 is 1.60 bits per heavy atom. The predicted octanol–water partition coefficient (Wildman–Crippen LogP) is 4.55. The number of carbonyl (C=O) groups excluding carboxylic acids is 1. The van der Waals surface area contributed by atoms with Crippen LogP contribution in [0.2, 0.25) is 10.0 Å². The molecule has 0 bridgehead atoms. The summed E-state index contributed by atoms with van der Waals surface area (Å²) in [6, 6.07) is 20.0. The Kier molecular flexibility index (Phi) is 7.74. The highest BCUT2D eigenvalue weighted by molar-refractivity contribution is 7.92. The van der Waals surface area contributed by atoms with Crippen molar-refractivity contribution >= 4 is 50.5 Å². The van der Waals surface area contributed by atoms with Crippen molar-refractivity contribution in [3.63, 3.8) is 0 Å². The van der Waals surface area contributed by atoms with Gasteiger partial charge in [-0.3, -0.25) is 9.10 Å². The van der Waals surface area contributed by atoms with Crippen LogP contribution in [0.25, 0.3) is 0 Å². The van der Waals surface area contributed by atoms with Crippen molar-refractivity contribution in [1.82, 2.24) is 4.90 Å². The smallest absolute Gasteiger partial charge is 0.264 e. The van der Waals surface area contributed by atoms with Crippen molar-refractivity contribution in [3.8, 4) is 5.75 Å². The maximum atomic E-state index is 13.5. The lowest BCUT2D eigenvalue weighted by molar-refractivity contribution is -0.129. The van der Waals surface area contributed by atoms with Crippen LogP contribution in [0.4, 0.5) is 11.4 Å². The van der Waals surface area contributed by atoms with E-state index in [2.05, 4.69) is 4.90 Å². The van der Waals surface area contributed by atoms with E-state index in [9.17, 15) is 13.2 Å². The fourth-order valence-electron chi connectivity index (χ4n) is 3.99. The van der Waals surface area contributed by atoms with Gasteiger partial charge in [-0.2, -0.15) is 0 Å². The molecule has 1 heterocycles. The third-order valence-electron chi connectivity index (χ3n) is 5.83. The molecule has 0 N–H and O–H groups in total. The summed E-state index contributed by atoms with van der Waals surface area (Å²) in [7, 11) is -2.41. The van der Waals surface area contributed by atoms with Crippen LogP contribution in [0.15, 0.2) is 77.7 Å². The molecule has 0 aromatic heterocycles. The molecule has 0 unspecified atom stereocenters. The number of nitrogens with zero attached hydrogens (tertiary/aromatic N) is 3. The third-order valence-corrected chi connectivity index (χ3v) is 8.11. The maximum absolute atomic E-state index is 13.5. The van der Waals surface area contributed by atoms with Crippen LogP contribution in [0.1, 0.15) is 0 Å². The number of benzene rings is 3. The zero-order valence-corrected chi connectivity index (χ0v) is 21.4. The fourth-order valence-corrected chi connectivity index (χ4v) is 5.71. The summed E-state index contributed by atoms with van der Waals surface area (Å²) in [5.74, 6) is 0.482. The van der Waals surface area contributed by atoms with Gasteiger partial charge in [-0.1, -0.05) is 41.4 Å². The van der Waals surface area contributed by atoms with Crippen molar-refractivity contribution in [2.45, 2.75) is 4.90 Å². The molecular weight excluding hydrogens is 509 g/mol. The van der Waals surface area contributed by atoms with E-state index in [0.717, 1.165) is 15.7 Å². The molecule has 1 fully saturated rings. The topological polar surface area (TPSA) is 70.2 Å². The van der Waals surface area contributed by atoms with Gasteiger partial charge in [0.05, 0.1) is 23.4 Å². The van der Waals surface area contributed by atoms with E-state index in [-0.39, 0.29) is 17.3 Å². The van der Waals surface area contributed by atoms with Gasteiger partial charge >= 0.3 is 0 Å². The lowest BCUT2D eigenvalue weighted by Gasteiger charge is -2.37. The van der Waals surface area contributed by atoms with Gasteiger partial charge in [0.15, 0.2) is 0 Å². The van der Waals surface area contributed by atoms with Gasteiger partial charge in [0.1, 0.15) is 12.3 Å². The highest BCUT2D eigenvalue weighted by Crippen LogP contribution is 2.29. The molecule has 7 nitrogen and oxygen atoms in total. The zero-order valence-electron chi connectivity index (χ0n) is 19.1. The van der Waals surface area contributed by atoms with Crippen LogP contribution in [0, 0.1) is 0 Å². The number of carbonyl (C=O) groups is 1. The van der Waals surface area contributed by atoms with E-state index in [1.165, 1.54) is 30.3 Å². The second kappa shape index (κ2) is 10.8. The molecule has 0 aliphatic carbocycles. The normalized spacial score (nSPS) is 14.0. The number of anilines is 2. The Bertz CT molecular complexity index is 1290. The molecule has 3 aromatic carbocycles. The average molecular weight is 534 g/mol. The van der Waals surface area contributed by atoms with Crippen molar-refractivity contribution in [3.05, 3.63) is 82.8 Å². The number of rotatable bonds is 7. The molecule has 0 radical (unpaired) electrons. The van der Waals surface area contributed by atoms with Gasteiger partial charge in [-0.15, -0.1) is 0 Å². The number of amides is 1. The summed E-state index contributed by atoms with van der Waals surface area (Å²) in [6.45, 7) is 1.78. The van der Waals surface area contributed by atoms with Gasteiger partial charge in [-0.25, -0.2) is 8.42 Å². The lowest BCUT2D eigenvalue weighted by Crippen LogP contribution is -2.52. The number of ether oxygens (including phenoxy) is 1. The van der Waals surface area contributed by atoms with Crippen LogP contribution in [0.3, 0.4) is 0 Å². The van der Waals surface area contributed by atoms with Crippen molar-refractivity contribution < 1.29 is 17.9 Å². The molecular formula is C25H25Cl2N3O4S. The standard InChI is InChI=1S/C25H25Cl2N3O4S/c1-34-24-8-3-2-7-23(24)28-13-15-29(16-14-28)25(31)18-30(21-6-4-5-20(27)17-21)35(32,33)22-11-9-19(26)10-12-22/h2-12,17H,13-16,18H2,1H3. The molecule has 3 aromatic rings. The summed E-state index contributed by atoms with van der Waals surface area (Å²) in [5.41, 5.74) is 1.28. The quantitative estimate of drug-likeness (QED) is 0.445. The molecule has 0 spiro atoms. The predicted molar refractivity (Wildman–Crippen MR) is 139 cm³/mol.